The Hall–Kier alpha value is -1.61. The molecule has 21 heavy (non-hydrogen) atoms. The van der Waals surface area contributed by atoms with Crippen LogP contribution in [0.1, 0.15) is 37.3 Å². The number of hydrogen-bond donors (Lipinski definition) is 1. The van der Waals surface area contributed by atoms with Gasteiger partial charge in [-0.3, -0.25) is 9.69 Å². The highest BCUT2D eigenvalue weighted by molar-refractivity contribution is 5.87. The summed E-state index contributed by atoms with van der Waals surface area (Å²) in [5, 5.41) is 3.14. The van der Waals surface area contributed by atoms with E-state index in [2.05, 4.69) is 41.9 Å². The molecule has 1 amide bonds. The van der Waals surface area contributed by atoms with Gasteiger partial charge in [0.25, 0.3) is 0 Å². The molecule has 1 aromatic carbocycles. The second-order valence-corrected chi connectivity index (χ2v) is 6.29. The second kappa shape index (κ2) is 5.64. The zero-order chi connectivity index (χ0) is 14.9. The predicted molar refractivity (Wildman–Crippen MR) is 85.0 cm³/mol. The maximum absolute atomic E-state index is 12.8. The van der Waals surface area contributed by atoms with Crippen molar-refractivity contribution in [3.8, 4) is 0 Å². The van der Waals surface area contributed by atoms with E-state index in [1.165, 1.54) is 16.7 Å². The van der Waals surface area contributed by atoms with Crippen LogP contribution in [-0.4, -0.2) is 29.4 Å². The van der Waals surface area contributed by atoms with Gasteiger partial charge in [-0.15, -0.1) is 0 Å². The summed E-state index contributed by atoms with van der Waals surface area (Å²) in [6.07, 6.45) is 3.84. The number of rotatable bonds is 3. The highest BCUT2D eigenvalue weighted by Gasteiger charge is 2.48. The maximum Gasteiger partial charge on any atom is 0.241 e. The largest absolute Gasteiger partial charge is 0.350 e. The number of nitrogens with one attached hydrogen (secondary N) is 1. The maximum atomic E-state index is 12.8. The van der Waals surface area contributed by atoms with Gasteiger partial charge in [-0.1, -0.05) is 43.3 Å². The van der Waals surface area contributed by atoms with Crippen LogP contribution in [0.4, 0.5) is 0 Å². The Labute approximate surface area is 127 Å². The lowest BCUT2D eigenvalue weighted by atomic mass is 9.86. The third-order valence-corrected chi connectivity index (χ3v) is 5.00. The van der Waals surface area contributed by atoms with Crippen LogP contribution < -0.4 is 5.32 Å². The van der Waals surface area contributed by atoms with Crippen molar-refractivity contribution in [3.63, 3.8) is 0 Å². The van der Waals surface area contributed by atoms with Crippen LogP contribution in [-0.2, 0) is 17.8 Å². The van der Waals surface area contributed by atoms with Crippen LogP contribution in [0.5, 0.6) is 0 Å². The molecule has 0 aliphatic carbocycles. The average molecular weight is 284 g/mol. The first kappa shape index (κ1) is 14.3. The number of carbonyl (C=O) groups is 1. The molecule has 0 bridgehead atoms. The van der Waals surface area contributed by atoms with Gasteiger partial charge in [0.1, 0.15) is 5.54 Å². The smallest absolute Gasteiger partial charge is 0.241 e. The number of carbonyl (C=O) groups excluding carboxylic acids is 1. The van der Waals surface area contributed by atoms with Crippen molar-refractivity contribution in [3.05, 3.63) is 47.5 Å². The standard InChI is InChI=1S/C18H24N2O/c1-3-14(2)13-20-10-6-9-18(20)11-15-7-4-5-8-16(15)12-19-17(18)21/h4-5,7-8H,2-3,6,9-13H2,1H3,(H,19,21). The SMILES string of the molecule is C=C(CC)CN1CCCC12Cc1ccccc1CNC2=O. The van der Waals surface area contributed by atoms with Gasteiger partial charge in [-0.2, -0.15) is 0 Å². The zero-order valence-electron chi connectivity index (χ0n) is 12.8. The van der Waals surface area contributed by atoms with Crippen molar-refractivity contribution in [2.75, 3.05) is 13.1 Å². The first-order chi connectivity index (χ1) is 10.2. The lowest BCUT2D eigenvalue weighted by molar-refractivity contribution is -0.131. The Morgan fingerprint density at radius 3 is 2.90 bits per heavy atom. The van der Waals surface area contributed by atoms with Crippen LogP contribution in [0.3, 0.4) is 0 Å². The first-order valence-electron chi connectivity index (χ1n) is 7.92. The van der Waals surface area contributed by atoms with Crippen LogP contribution in [0.25, 0.3) is 0 Å². The van der Waals surface area contributed by atoms with Gasteiger partial charge in [0.2, 0.25) is 5.91 Å². The number of likely N-dealkylation sites (tertiary alicyclic amines) is 1. The summed E-state index contributed by atoms with van der Waals surface area (Å²) < 4.78 is 0. The molecule has 1 N–H and O–H groups in total. The average Bonchev–Trinajstić information content (AvgIpc) is 2.82. The van der Waals surface area contributed by atoms with Crippen molar-refractivity contribution < 1.29 is 4.79 Å². The Kier molecular flexibility index (Phi) is 3.85. The van der Waals surface area contributed by atoms with Crippen LogP contribution in [0.2, 0.25) is 0 Å². The Morgan fingerprint density at radius 1 is 1.38 bits per heavy atom. The molecular weight excluding hydrogens is 260 g/mol. The molecule has 0 aromatic heterocycles. The molecular formula is C18H24N2O. The highest BCUT2D eigenvalue weighted by atomic mass is 16.2. The molecule has 1 spiro atoms. The van der Waals surface area contributed by atoms with E-state index in [-0.39, 0.29) is 11.4 Å². The Balaban J connectivity index is 1.94. The summed E-state index contributed by atoms with van der Waals surface area (Å²) >= 11 is 0. The van der Waals surface area contributed by atoms with E-state index in [9.17, 15) is 4.79 Å². The van der Waals surface area contributed by atoms with E-state index in [4.69, 9.17) is 0 Å². The summed E-state index contributed by atoms with van der Waals surface area (Å²) in [6, 6.07) is 8.42. The fourth-order valence-electron chi connectivity index (χ4n) is 3.64. The van der Waals surface area contributed by atoms with Gasteiger partial charge in [-0.05, 0) is 36.9 Å². The fourth-order valence-corrected chi connectivity index (χ4v) is 3.64. The molecule has 1 atom stereocenters. The number of benzene rings is 1. The van der Waals surface area contributed by atoms with Crippen molar-refractivity contribution in [1.29, 1.82) is 0 Å². The predicted octanol–water partition coefficient (Wildman–Crippen LogP) is 2.66. The molecule has 2 aliphatic heterocycles. The number of hydrogen-bond acceptors (Lipinski definition) is 2. The van der Waals surface area contributed by atoms with E-state index in [1.807, 2.05) is 6.07 Å². The van der Waals surface area contributed by atoms with Gasteiger partial charge < -0.3 is 5.32 Å². The van der Waals surface area contributed by atoms with E-state index < -0.39 is 0 Å². The third kappa shape index (κ3) is 2.51. The number of amides is 1. The van der Waals surface area contributed by atoms with Crippen molar-refractivity contribution in [1.82, 2.24) is 10.2 Å². The quantitative estimate of drug-likeness (QED) is 0.866. The van der Waals surface area contributed by atoms with Gasteiger partial charge in [0, 0.05) is 19.5 Å². The Morgan fingerprint density at radius 2 is 2.14 bits per heavy atom. The minimum Gasteiger partial charge on any atom is -0.350 e. The summed E-state index contributed by atoms with van der Waals surface area (Å²) in [5.74, 6) is 0.195. The zero-order valence-corrected chi connectivity index (χ0v) is 12.8. The monoisotopic (exact) mass is 284 g/mol. The third-order valence-electron chi connectivity index (χ3n) is 5.00. The summed E-state index contributed by atoms with van der Waals surface area (Å²) in [5.41, 5.74) is 3.40. The van der Waals surface area contributed by atoms with Crippen molar-refractivity contribution >= 4 is 5.91 Å². The topological polar surface area (TPSA) is 32.3 Å². The molecule has 0 radical (unpaired) electrons. The molecule has 3 rings (SSSR count). The van der Waals surface area contributed by atoms with Crippen LogP contribution in [0.15, 0.2) is 36.4 Å². The lowest BCUT2D eigenvalue weighted by Crippen LogP contribution is -2.56. The van der Waals surface area contributed by atoms with Gasteiger partial charge in [0.05, 0.1) is 0 Å². The summed E-state index contributed by atoms with van der Waals surface area (Å²) in [7, 11) is 0. The molecule has 0 saturated carbocycles. The van der Waals surface area contributed by atoms with E-state index in [0.29, 0.717) is 6.54 Å². The van der Waals surface area contributed by atoms with Crippen LogP contribution in [0, 0.1) is 0 Å². The van der Waals surface area contributed by atoms with E-state index in [0.717, 1.165) is 38.8 Å². The lowest BCUT2D eigenvalue weighted by Gasteiger charge is -2.36. The fraction of sp³-hybridized carbons (Fsp3) is 0.500. The molecule has 1 fully saturated rings. The summed E-state index contributed by atoms with van der Waals surface area (Å²) in [4.78, 5) is 15.2. The van der Waals surface area contributed by atoms with Crippen molar-refractivity contribution in [2.45, 2.75) is 44.7 Å². The normalized spacial score (nSPS) is 25.5. The van der Waals surface area contributed by atoms with Crippen molar-refractivity contribution in [2.24, 2.45) is 0 Å². The molecule has 2 aliphatic rings. The molecule has 1 unspecified atom stereocenters. The van der Waals surface area contributed by atoms with Gasteiger partial charge in [-0.25, -0.2) is 0 Å². The van der Waals surface area contributed by atoms with E-state index >= 15 is 0 Å². The minimum atomic E-state index is -0.370. The van der Waals surface area contributed by atoms with E-state index in [1.54, 1.807) is 0 Å². The number of nitrogens with zero attached hydrogens (tertiary/aromatic N) is 1. The molecule has 1 aromatic rings. The minimum absolute atomic E-state index is 0.195. The second-order valence-electron chi connectivity index (χ2n) is 6.29. The van der Waals surface area contributed by atoms with Gasteiger partial charge >= 0.3 is 0 Å². The summed E-state index contributed by atoms with van der Waals surface area (Å²) in [6.45, 7) is 8.75. The molecule has 3 heteroatoms. The molecule has 112 valence electrons. The van der Waals surface area contributed by atoms with Crippen LogP contribution >= 0.6 is 0 Å². The first-order valence-corrected chi connectivity index (χ1v) is 7.92. The highest BCUT2D eigenvalue weighted by Crippen LogP contribution is 2.36. The molecule has 1 saturated heterocycles. The number of fused-ring (bicyclic) bond motifs is 1. The van der Waals surface area contributed by atoms with Gasteiger partial charge in [0.15, 0.2) is 0 Å². The Bertz CT molecular complexity index is 566. The molecule has 2 heterocycles. The molecule has 3 nitrogen and oxygen atoms in total.